The number of ether oxygens (including phenoxy) is 1. The van der Waals surface area contributed by atoms with E-state index in [-0.39, 0.29) is 12.1 Å². The monoisotopic (exact) mass is 248 g/mol. The van der Waals surface area contributed by atoms with Crippen LogP contribution >= 0.6 is 23.4 Å². The molecule has 15 heavy (non-hydrogen) atoms. The van der Waals surface area contributed by atoms with E-state index < -0.39 is 0 Å². The molecule has 0 saturated heterocycles. The van der Waals surface area contributed by atoms with Crippen molar-refractivity contribution in [3.05, 3.63) is 23.1 Å². The highest BCUT2D eigenvalue weighted by molar-refractivity contribution is 7.99. The normalized spacial score (nSPS) is 10.7. The van der Waals surface area contributed by atoms with Gasteiger partial charge < -0.3 is 9.15 Å². The highest BCUT2D eigenvalue weighted by Gasteiger charge is 2.06. The molecule has 0 aliphatic heterocycles. The Kier molecular flexibility index (Phi) is 5.05. The van der Waals surface area contributed by atoms with Crippen molar-refractivity contribution in [3.63, 3.8) is 0 Å². The number of hydrogen-bond acceptors (Lipinski definition) is 4. The van der Waals surface area contributed by atoms with Gasteiger partial charge in [-0.1, -0.05) is 0 Å². The molecular formula is C10H13ClO3S. The summed E-state index contributed by atoms with van der Waals surface area (Å²) < 4.78 is 10.1. The molecule has 0 amide bonds. The Balaban J connectivity index is 2.19. The number of esters is 1. The van der Waals surface area contributed by atoms with Crippen LogP contribution in [0.4, 0.5) is 0 Å². The van der Waals surface area contributed by atoms with Crippen LogP contribution in [0, 0.1) is 0 Å². The lowest BCUT2D eigenvalue weighted by molar-refractivity contribution is -0.144. The molecule has 0 unspecified atom stereocenters. The van der Waals surface area contributed by atoms with Gasteiger partial charge >= 0.3 is 5.97 Å². The lowest BCUT2D eigenvalue weighted by Crippen LogP contribution is -2.13. The SMILES string of the molecule is CC(C)OC(=O)CSCc1ccc(Cl)o1. The number of carbonyl (C=O) groups excluding carboxylic acids is 1. The zero-order chi connectivity index (χ0) is 11.3. The van der Waals surface area contributed by atoms with Crippen LogP contribution in [-0.4, -0.2) is 17.8 Å². The molecule has 0 saturated carbocycles. The van der Waals surface area contributed by atoms with Crippen LogP contribution in [-0.2, 0) is 15.3 Å². The second kappa shape index (κ2) is 6.08. The van der Waals surface area contributed by atoms with Crippen molar-refractivity contribution in [2.75, 3.05) is 5.75 Å². The minimum absolute atomic E-state index is 0.0591. The maximum absolute atomic E-state index is 11.1. The van der Waals surface area contributed by atoms with Gasteiger partial charge in [0.1, 0.15) is 5.76 Å². The predicted octanol–water partition coefficient (Wildman–Crippen LogP) is 3.12. The fraction of sp³-hybridized carbons (Fsp3) is 0.500. The number of hydrogen-bond donors (Lipinski definition) is 0. The Morgan fingerprint density at radius 2 is 2.33 bits per heavy atom. The van der Waals surface area contributed by atoms with Crippen molar-refractivity contribution in [2.24, 2.45) is 0 Å². The van der Waals surface area contributed by atoms with Crippen molar-refractivity contribution in [1.82, 2.24) is 0 Å². The van der Waals surface area contributed by atoms with E-state index in [0.29, 0.717) is 16.7 Å². The van der Waals surface area contributed by atoms with E-state index >= 15 is 0 Å². The molecule has 1 rings (SSSR count). The molecule has 1 aromatic heterocycles. The Morgan fingerprint density at radius 1 is 1.60 bits per heavy atom. The van der Waals surface area contributed by atoms with Gasteiger partial charge in [-0.2, -0.15) is 0 Å². The number of thioether (sulfide) groups is 1. The van der Waals surface area contributed by atoms with E-state index in [9.17, 15) is 4.79 Å². The van der Waals surface area contributed by atoms with Gasteiger partial charge in [0.2, 0.25) is 0 Å². The second-order valence-corrected chi connectivity index (χ2v) is 4.60. The molecule has 0 aromatic carbocycles. The van der Waals surface area contributed by atoms with Gasteiger partial charge in [0.15, 0.2) is 5.22 Å². The molecule has 0 atom stereocenters. The summed E-state index contributed by atoms with van der Waals surface area (Å²) in [5.41, 5.74) is 0. The number of furan rings is 1. The van der Waals surface area contributed by atoms with E-state index in [1.165, 1.54) is 11.8 Å². The van der Waals surface area contributed by atoms with Crippen LogP contribution in [0.15, 0.2) is 16.5 Å². The molecule has 1 heterocycles. The fourth-order valence-electron chi connectivity index (χ4n) is 0.961. The first-order valence-electron chi connectivity index (χ1n) is 4.59. The molecule has 0 N–H and O–H groups in total. The highest BCUT2D eigenvalue weighted by atomic mass is 35.5. The molecule has 0 radical (unpaired) electrons. The Bertz CT molecular complexity index is 322. The van der Waals surface area contributed by atoms with Crippen LogP contribution in [0.25, 0.3) is 0 Å². The van der Waals surface area contributed by atoms with Gasteiger partial charge in [0, 0.05) is 0 Å². The summed E-state index contributed by atoms with van der Waals surface area (Å²) in [6.07, 6.45) is -0.0591. The van der Waals surface area contributed by atoms with E-state index in [2.05, 4.69) is 0 Å². The third-order valence-corrected chi connectivity index (χ3v) is 2.59. The third-order valence-electron chi connectivity index (χ3n) is 1.46. The minimum Gasteiger partial charge on any atom is -0.462 e. The molecule has 3 nitrogen and oxygen atoms in total. The lowest BCUT2D eigenvalue weighted by atomic mass is 10.5. The van der Waals surface area contributed by atoms with Crippen molar-refractivity contribution >= 4 is 29.3 Å². The van der Waals surface area contributed by atoms with Crippen molar-refractivity contribution in [2.45, 2.75) is 25.7 Å². The fourth-order valence-corrected chi connectivity index (χ4v) is 1.82. The van der Waals surface area contributed by atoms with Gasteiger partial charge in [-0.05, 0) is 37.6 Å². The van der Waals surface area contributed by atoms with Gasteiger partial charge in [-0.15, -0.1) is 11.8 Å². The summed E-state index contributed by atoms with van der Waals surface area (Å²) in [7, 11) is 0. The number of halogens is 1. The molecule has 84 valence electrons. The smallest absolute Gasteiger partial charge is 0.316 e. The number of carbonyl (C=O) groups is 1. The third kappa shape index (κ3) is 5.14. The van der Waals surface area contributed by atoms with Gasteiger partial charge in [0.05, 0.1) is 17.6 Å². The second-order valence-electron chi connectivity index (χ2n) is 3.24. The van der Waals surface area contributed by atoms with E-state index in [0.717, 1.165) is 5.76 Å². The Labute approximate surface area is 98.1 Å². The zero-order valence-corrected chi connectivity index (χ0v) is 10.2. The topological polar surface area (TPSA) is 39.4 Å². The Morgan fingerprint density at radius 3 is 2.87 bits per heavy atom. The average molecular weight is 249 g/mol. The van der Waals surface area contributed by atoms with E-state index in [1.807, 2.05) is 13.8 Å². The van der Waals surface area contributed by atoms with Gasteiger partial charge in [0.25, 0.3) is 0 Å². The van der Waals surface area contributed by atoms with Gasteiger partial charge in [-0.25, -0.2) is 0 Å². The van der Waals surface area contributed by atoms with Crippen LogP contribution in [0.1, 0.15) is 19.6 Å². The highest BCUT2D eigenvalue weighted by Crippen LogP contribution is 2.18. The summed E-state index contributed by atoms with van der Waals surface area (Å²) in [6.45, 7) is 3.66. The Hall–Kier alpha value is -0.610. The van der Waals surface area contributed by atoms with E-state index in [4.69, 9.17) is 20.8 Å². The maximum Gasteiger partial charge on any atom is 0.316 e. The van der Waals surface area contributed by atoms with Crippen LogP contribution in [0.5, 0.6) is 0 Å². The summed E-state index contributed by atoms with van der Waals surface area (Å²) in [5.74, 6) is 1.52. The number of rotatable bonds is 5. The first-order valence-corrected chi connectivity index (χ1v) is 6.12. The molecular weight excluding hydrogens is 236 g/mol. The summed E-state index contributed by atoms with van der Waals surface area (Å²) in [5, 5.41) is 0.371. The summed E-state index contributed by atoms with van der Waals surface area (Å²) in [4.78, 5) is 11.1. The molecule has 0 aliphatic carbocycles. The van der Waals surface area contributed by atoms with E-state index in [1.54, 1.807) is 12.1 Å². The van der Waals surface area contributed by atoms with Crippen LogP contribution in [0.3, 0.4) is 0 Å². The van der Waals surface area contributed by atoms with Crippen LogP contribution < -0.4 is 0 Å². The van der Waals surface area contributed by atoms with Crippen molar-refractivity contribution < 1.29 is 13.9 Å². The maximum atomic E-state index is 11.1. The van der Waals surface area contributed by atoms with Crippen LogP contribution in [0.2, 0.25) is 5.22 Å². The quantitative estimate of drug-likeness (QED) is 0.751. The molecule has 5 heteroatoms. The summed E-state index contributed by atoms with van der Waals surface area (Å²) >= 11 is 7.05. The molecule has 0 bridgehead atoms. The van der Waals surface area contributed by atoms with Crippen molar-refractivity contribution in [3.8, 4) is 0 Å². The average Bonchev–Trinajstić information content (AvgIpc) is 2.50. The zero-order valence-electron chi connectivity index (χ0n) is 8.66. The van der Waals surface area contributed by atoms with Gasteiger partial charge in [-0.3, -0.25) is 4.79 Å². The van der Waals surface area contributed by atoms with Crippen molar-refractivity contribution in [1.29, 1.82) is 0 Å². The molecule has 1 aromatic rings. The molecule has 0 aliphatic rings. The standard InChI is InChI=1S/C10H13ClO3S/c1-7(2)13-10(12)6-15-5-8-3-4-9(11)14-8/h3-4,7H,5-6H2,1-2H3. The molecule has 0 spiro atoms. The predicted molar refractivity (Wildman–Crippen MR) is 61.1 cm³/mol. The first kappa shape index (κ1) is 12.5. The largest absolute Gasteiger partial charge is 0.462 e. The molecule has 0 fully saturated rings. The lowest BCUT2D eigenvalue weighted by Gasteiger charge is -2.06. The first-order chi connectivity index (χ1) is 7.08. The summed E-state index contributed by atoms with van der Waals surface area (Å²) in [6, 6.07) is 3.48. The minimum atomic E-state index is -0.201.